The molecule has 176 valence electrons. The van der Waals surface area contributed by atoms with Crippen LogP contribution in [0.15, 0.2) is 72.8 Å². The van der Waals surface area contributed by atoms with Gasteiger partial charge in [-0.25, -0.2) is 0 Å². The third-order valence-electron chi connectivity index (χ3n) is 6.49. The third kappa shape index (κ3) is 4.21. The van der Waals surface area contributed by atoms with Gasteiger partial charge in [-0.3, -0.25) is 19.0 Å². The predicted molar refractivity (Wildman–Crippen MR) is 135 cm³/mol. The number of halogens is 1. The van der Waals surface area contributed by atoms with Gasteiger partial charge in [0, 0.05) is 23.5 Å². The maximum absolute atomic E-state index is 13.8. The molecule has 1 N–H and O–H groups in total. The van der Waals surface area contributed by atoms with Crippen molar-refractivity contribution in [1.29, 1.82) is 0 Å². The van der Waals surface area contributed by atoms with Crippen LogP contribution in [0.1, 0.15) is 37.5 Å². The van der Waals surface area contributed by atoms with E-state index in [-0.39, 0.29) is 24.7 Å². The second-order valence-electron chi connectivity index (χ2n) is 8.86. The quantitative estimate of drug-likeness (QED) is 0.409. The summed E-state index contributed by atoms with van der Waals surface area (Å²) in [6.07, 6.45) is 0. The van der Waals surface area contributed by atoms with E-state index < -0.39 is 17.9 Å². The van der Waals surface area contributed by atoms with Crippen molar-refractivity contribution in [2.45, 2.75) is 33.0 Å². The highest BCUT2D eigenvalue weighted by atomic mass is 35.5. The fraction of sp³-hybridized carbons (Fsp3) is 0.179. The zero-order chi connectivity index (χ0) is 24.7. The van der Waals surface area contributed by atoms with E-state index in [1.165, 1.54) is 9.47 Å². The van der Waals surface area contributed by atoms with Crippen LogP contribution in [-0.4, -0.2) is 33.2 Å². The van der Waals surface area contributed by atoms with Gasteiger partial charge in [0.2, 0.25) is 0 Å². The van der Waals surface area contributed by atoms with Crippen LogP contribution in [0, 0.1) is 13.8 Å². The normalized spacial score (nSPS) is 15.4. The molecule has 5 rings (SSSR count). The summed E-state index contributed by atoms with van der Waals surface area (Å²) < 4.78 is 1.34. The molecule has 35 heavy (non-hydrogen) atoms. The van der Waals surface area contributed by atoms with Gasteiger partial charge in [-0.2, -0.15) is 0 Å². The number of nitrogens with zero attached hydrogens (tertiary/aromatic N) is 2. The molecule has 7 heteroatoms. The largest absolute Gasteiger partial charge is 0.350 e. The minimum Gasteiger partial charge on any atom is -0.350 e. The van der Waals surface area contributed by atoms with Gasteiger partial charge in [0.25, 0.3) is 17.7 Å². The van der Waals surface area contributed by atoms with E-state index in [1.54, 1.807) is 24.3 Å². The van der Waals surface area contributed by atoms with E-state index in [9.17, 15) is 14.4 Å². The number of aryl methyl sites for hydroxylation is 2. The Labute approximate surface area is 208 Å². The Bertz CT molecular complexity index is 1480. The van der Waals surface area contributed by atoms with E-state index in [0.717, 1.165) is 22.3 Å². The molecule has 1 unspecified atom stereocenters. The molecule has 6 nitrogen and oxygen atoms in total. The van der Waals surface area contributed by atoms with E-state index in [2.05, 4.69) is 5.32 Å². The molecule has 1 aliphatic heterocycles. The summed E-state index contributed by atoms with van der Waals surface area (Å²) in [7, 11) is 0. The van der Waals surface area contributed by atoms with Crippen molar-refractivity contribution in [3.05, 3.63) is 106 Å². The Morgan fingerprint density at radius 3 is 2.43 bits per heavy atom. The number of carbonyl (C=O) groups is 3. The summed E-state index contributed by atoms with van der Waals surface area (Å²) in [5, 5.41) is 4.02. The highest BCUT2D eigenvalue weighted by Crippen LogP contribution is 2.30. The fourth-order valence-electron chi connectivity index (χ4n) is 4.50. The summed E-state index contributed by atoms with van der Waals surface area (Å²) in [4.78, 5) is 42.2. The molecule has 0 bridgehead atoms. The van der Waals surface area contributed by atoms with Crippen molar-refractivity contribution in [3.63, 3.8) is 0 Å². The van der Waals surface area contributed by atoms with Crippen LogP contribution in [-0.2, 0) is 17.9 Å². The Morgan fingerprint density at radius 2 is 1.69 bits per heavy atom. The maximum Gasteiger partial charge on any atom is 0.272 e. The van der Waals surface area contributed by atoms with Gasteiger partial charge in [-0.05, 0) is 60.4 Å². The second-order valence-corrected chi connectivity index (χ2v) is 9.30. The molecule has 4 aromatic rings. The molecule has 0 spiro atoms. The fourth-order valence-corrected chi connectivity index (χ4v) is 4.68. The Hall–Kier alpha value is -3.90. The average molecular weight is 486 g/mol. The van der Waals surface area contributed by atoms with Gasteiger partial charge in [0.1, 0.15) is 5.69 Å². The number of amides is 2. The Balaban J connectivity index is 1.55. The minimum absolute atomic E-state index is 0.136. The van der Waals surface area contributed by atoms with Crippen LogP contribution in [0.3, 0.4) is 0 Å². The van der Waals surface area contributed by atoms with Crippen molar-refractivity contribution in [1.82, 2.24) is 14.8 Å². The van der Waals surface area contributed by atoms with Gasteiger partial charge >= 0.3 is 0 Å². The number of hydrogen-bond donors (Lipinski definition) is 1. The molecule has 0 fully saturated rings. The molecule has 0 aliphatic carbocycles. The minimum atomic E-state index is -1.30. The molecular weight excluding hydrogens is 462 g/mol. The molecule has 0 saturated heterocycles. The van der Waals surface area contributed by atoms with Crippen LogP contribution in [0.5, 0.6) is 0 Å². The van der Waals surface area contributed by atoms with Gasteiger partial charge in [0.15, 0.2) is 6.04 Å². The first kappa shape index (κ1) is 22.9. The Kier molecular flexibility index (Phi) is 5.91. The zero-order valence-electron chi connectivity index (χ0n) is 19.4. The lowest BCUT2D eigenvalue weighted by atomic mass is 10.0. The van der Waals surface area contributed by atoms with Crippen molar-refractivity contribution in [2.24, 2.45) is 0 Å². The lowest BCUT2D eigenvalue weighted by Gasteiger charge is -2.34. The SMILES string of the molecule is Cc1ccc(CN2C(=O)c3cc4cc(Cl)ccc4n3C(=O)C2C(=O)NCc2ccccc2)cc1C. The second kappa shape index (κ2) is 9.04. The topological polar surface area (TPSA) is 71.4 Å². The highest BCUT2D eigenvalue weighted by Gasteiger charge is 2.44. The van der Waals surface area contributed by atoms with Crippen molar-refractivity contribution in [3.8, 4) is 0 Å². The number of fused-ring (bicyclic) bond motifs is 3. The molecule has 1 aromatic heterocycles. The van der Waals surface area contributed by atoms with Crippen LogP contribution >= 0.6 is 11.6 Å². The van der Waals surface area contributed by atoms with E-state index in [4.69, 9.17) is 11.6 Å². The van der Waals surface area contributed by atoms with Gasteiger partial charge in [0.05, 0.1) is 5.52 Å². The van der Waals surface area contributed by atoms with Gasteiger partial charge < -0.3 is 10.2 Å². The zero-order valence-corrected chi connectivity index (χ0v) is 20.2. The van der Waals surface area contributed by atoms with E-state index >= 15 is 0 Å². The highest BCUT2D eigenvalue weighted by molar-refractivity contribution is 6.31. The summed E-state index contributed by atoms with van der Waals surface area (Å²) in [5.74, 6) is -1.36. The molecule has 1 aliphatic rings. The first-order valence-electron chi connectivity index (χ1n) is 11.4. The average Bonchev–Trinajstić information content (AvgIpc) is 3.23. The lowest BCUT2D eigenvalue weighted by Crippen LogP contribution is -2.58. The third-order valence-corrected chi connectivity index (χ3v) is 6.73. The summed E-state index contributed by atoms with van der Waals surface area (Å²) in [6.45, 7) is 4.40. The van der Waals surface area contributed by atoms with Crippen molar-refractivity contribution < 1.29 is 14.4 Å². The van der Waals surface area contributed by atoms with Crippen LogP contribution in [0.4, 0.5) is 0 Å². The first-order valence-corrected chi connectivity index (χ1v) is 11.8. The molecular formula is C28H24ClN3O3. The predicted octanol–water partition coefficient (Wildman–Crippen LogP) is 4.89. The van der Waals surface area contributed by atoms with Crippen molar-refractivity contribution >= 4 is 40.2 Å². The number of nitrogens with one attached hydrogen (secondary N) is 1. The number of aromatic nitrogens is 1. The number of carbonyl (C=O) groups excluding carboxylic acids is 3. The van der Waals surface area contributed by atoms with Crippen LogP contribution < -0.4 is 5.32 Å². The maximum atomic E-state index is 13.8. The summed E-state index contributed by atoms with van der Waals surface area (Å²) >= 11 is 6.14. The van der Waals surface area contributed by atoms with Gasteiger partial charge in [-0.15, -0.1) is 0 Å². The monoisotopic (exact) mass is 485 g/mol. The molecule has 0 radical (unpaired) electrons. The molecule has 2 amide bonds. The van der Waals surface area contributed by atoms with E-state index in [1.807, 2.05) is 62.4 Å². The Morgan fingerprint density at radius 1 is 0.914 bits per heavy atom. The van der Waals surface area contributed by atoms with Crippen molar-refractivity contribution in [2.75, 3.05) is 0 Å². The summed E-state index contributed by atoms with van der Waals surface area (Å²) in [5.41, 5.74) is 4.73. The van der Waals surface area contributed by atoms with Gasteiger partial charge in [-0.1, -0.05) is 60.1 Å². The lowest BCUT2D eigenvalue weighted by molar-refractivity contribution is -0.124. The summed E-state index contributed by atoms with van der Waals surface area (Å²) in [6, 6.07) is 20.8. The smallest absolute Gasteiger partial charge is 0.272 e. The molecule has 3 aromatic carbocycles. The number of benzene rings is 3. The van der Waals surface area contributed by atoms with E-state index in [0.29, 0.717) is 15.9 Å². The van der Waals surface area contributed by atoms with Crippen LogP contribution in [0.2, 0.25) is 5.02 Å². The first-order chi connectivity index (χ1) is 16.8. The molecule has 0 saturated carbocycles. The number of rotatable bonds is 5. The van der Waals surface area contributed by atoms with Crippen LogP contribution in [0.25, 0.3) is 10.9 Å². The molecule has 2 heterocycles. The number of hydrogen-bond acceptors (Lipinski definition) is 3. The molecule has 1 atom stereocenters. The standard InChI is InChI=1S/C28H24ClN3O3/c1-17-8-9-20(12-18(17)2)16-31-25(26(33)30-15-19-6-4-3-5-7-19)28(35)32-23-11-10-22(29)13-21(23)14-24(32)27(31)34/h3-14,25H,15-16H2,1-2H3,(H,30,33).